The van der Waals surface area contributed by atoms with Gasteiger partial charge in [0.05, 0.1) is 6.10 Å². The molecule has 0 N–H and O–H groups in total. The zero-order chi connectivity index (χ0) is 18.2. The van der Waals surface area contributed by atoms with E-state index in [4.69, 9.17) is 4.74 Å². The molecule has 0 unspecified atom stereocenters. The Hall–Kier alpha value is -1.48. The number of carbonyl (C=O) groups excluding carboxylic acids is 1. The van der Waals surface area contributed by atoms with Gasteiger partial charge in [0.15, 0.2) is 0 Å². The molecule has 0 bridgehead atoms. The summed E-state index contributed by atoms with van der Waals surface area (Å²) in [6, 6.07) is 8.69. The first-order valence-electron chi connectivity index (χ1n) is 8.41. The minimum absolute atomic E-state index is 0.0339. The quantitative estimate of drug-likeness (QED) is 0.752. The molecule has 3 rings (SSSR count). The summed E-state index contributed by atoms with van der Waals surface area (Å²) in [5.41, 5.74) is 0.945. The van der Waals surface area contributed by atoms with Gasteiger partial charge in [0, 0.05) is 40.3 Å². The lowest BCUT2D eigenvalue weighted by molar-refractivity contribution is -0.140. The number of ether oxygens (including phenoxy) is 1. The number of fused-ring (bicyclic) bond motifs is 1. The van der Waals surface area contributed by atoms with Crippen LogP contribution in [0.2, 0.25) is 0 Å². The Balaban J connectivity index is 1.94. The second-order valence-corrected chi connectivity index (χ2v) is 8.90. The van der Waals surface area contributed by atoms with Crippen LogP contribution in [0.25, 0.3) is 0 Å². The molecule has 0 saturated carbocycles. The summed E-state index contributed by atoms with van der Waals surface area (Å²) in [5, 5.41) is 0. The maximum Gasteiger partial charge on any atom is 0.282 e. The summed E-state index contributed by atoms with van der Waals surface area (Å²) in [4.78, 5) is 14.9. The molecule has 2 fully saturated rings. The number of hydrogen-bond donors (Lipinski definition) is 0. The normalized spacial score (nSPS) is 27.8. The molecule has 1 aromatic carbocycles. The van der Waals surface area contributed by atoms with Gasteiger partial charge in [-0.1, -0.05) is 30.3 Å². The number of nitrogens with zero attached hydrogens (tertiary/aromatic N) is 3. The average molecular weight is 367 g/mol. The van der Waals surface area contributed by atoms with Crippen molar-refractivity contribution in [3.8, 4) is 0 Å². The maximum absolute atomic E-state index is 13.1. The van der Waals surface area contributed by atoms with Crippen LogP contribution >= 0.6 is 0 Å². The van der Waals surface area contributed by atoms with E-state index in [1.807, 2.05) is 30.3 Å². The van der Waals surface area contributed by atoms with Gasteiger partial charge in [-0.2, -0.15) is 17.0 Å². The van der Waals surface area contributed by atoms with Crippen LogP contribution in [0, 0.1) is 0 Å². The van der Waals surface area contributed by atoms with E-state index >= 15 is 0 Å². The highest BCUT2D eigenvalue weighted by atomic mass is 32.2. The third-order valence-corrected chi connectivity index (χ3v) is 6.96. The lowest BCUT2D eigenvalue weighted by Crippen LogP contribution is -2.63. The van der Waals surface area contributed by atoms with Crippen LogP contribution in [0.15, 0.2) is 30.3 Å². The van der Waals surface area contributed by atoms with Crippen molar-refractivity contribution < 1.29 is 17.9 Å². The predicted octanol–water partition coefficient (Wildman–Crippen LogP) is 0.336. The molecule has 1 amide bonds. The molecular formula is C17H25N3O4S. The fourth-order valence-corrected chi connectivity index (χ4v) is 4.89. The number of piperazine rings is 1. The van der Waals surface area contributed by atoms with Crippen molar-refractivity contribution in [3.05, 3.63) is 35.9 Å². The highest BCUT2D eigenvalue weighted by molar-refractivity contribution is 7.86. The van der Waals surface area contributed by atoms with Crippen molar-refractivity contribution in [2.75, 3.05) is 34.3 Å². The number of methoxy groups -OCH3 is 1. The Morgan fingerprint density at radius 2 is 1.88 bits per heavy atom. The molecule has 2 aliphatic rings. The van der Waals surface area contributed by atoms with Crippen LogP contribution in [-0.2, 0) is 26.2 Å². The summed E-state index contributed by atoms with van der Waals surface area (Å²) < 4.78 is 33.6. The van der Waals surface area contributed by atoms with Crippen molar-refractivity contribution in [2.45, 2.75) is 31.0 Å². The summed E-state index contributed by atoms with van der Waals surface area (Å²) in [6.07, 6.45) is 1.00. The van der Waals surface area contributed by atoms with E-state index in [1.165, 1.54) is 22.7 Å². The average Bonchev–Trinajstić information content (AvgIpc) is 3.01. The van der Waals surface area contributed by atoms with E-state index in [2.05, 4.69) is 0 Å². The third kappa shape index (κ3) is 3.44. The van der Waals surface area contributed by atoms with Crippen molar-refractivity contribution >= 4 is 16.1 Å². The van der Waals surface area contributed by atoms with Crippen LogP contribution in [0.1, 0.15) is 12.0 Å². The van der Waals surface area contributed by atoms with E-state index in [-0.39, 0.29) is 18.1 Å². The molecule has 3 atom stereocenters. The minimum atomic E-state index is -3.69. The standard InChI is InChI=1S/C17H25N3O4S/c1-18(2)25(22,23)20-11-14-10-15(24-3)12-19(14)17(21)16(20)9-13-7-5-4-6-8-13/h4-8,14-16H,9-12H2,1-3H3/t14-,15-,16-/m0/s1. The van der Waals surface area contributed by atoms with Gasteiger partial charge in [-0.15, -0.1) is 0 Å². The highest BCUT2D eigenvalue weighted by Crippen LogP contribution is 2.30. The largest absolute Gasteiger partial charge is 0.380 e. The van der Waals surface area contributed by atoms with Crippen molar-refractivity contribution in [2.24, 2.45) is 0 Å². The SMILES string of the molecule is CO[C@H]1C[C@H]2CN(S(=O)(=O)N(C)C)[C@@H](Cc3ccccc3)C(=O)N2C1. The molecule has 0 aliphatic carbocycles. The molecule has 2 saturated heterocycles. The van der Waals surface area contributed by atoms with Gasteiger partial charge in [0.25, 0.3) is 10.2 Å². The van der Waals surface area contributed by atoms with Gasteiger partial charge in [-0.05, 0) is 18.4 Å². The Bertz CT molecular complexity index is 723. The summed E-state index contributed by atoms with van der Waals surface area (Å²) in [7, 11) is 0.938. The van der Waals surface area contributed by atoms with Crippen molar-refractivity contribution in [3.63, 3.8) is 0 Å². The molecule has 0 radical (unpaired) electrons. The molecule has 138 valence electrons. The lowest BCUT2D eigenvalue weighted by Gasteiger charge is -2.42. The first-order chi connectivity index (χ1) is 11.8. The second kappa shape index (κ2) is 7.03. The van der Waals surface area contributed by atoms with E-state index in [0.29, 0.717) is 25.9 Å². The smallest absolute Gasteiger partial charge is 0.282 e. The van der Waals surface area contributed by atoms with Crippen LogP contribution in [-0.4, -0.2) is 80.3 Å². The molecule has 1 aromatic rings. The lowest BCUT2D eigenvalue weighted by atomic mass is 10.0. The van der Waals surface area contributed by atoms with Crippen molar-refractivity contribution in [1.29, 1.82) is 0 Å². The fourth-order valence-electron chi connectivity index (χ4n) is 3.63. The van der Waals surface area contributed by atoms with Gasteiger partial charge in [-0.3, -0.25) is 4.79 Å². The molecule has 7 nitrogen and oxygen atoms in total. The topological polar surface area (TPSA) is 70.2 Å². The number of amides is 1. The molecular weight excluding hydrogens is 342 g/mol. The molecule has 8 heteroatoms. The van der Waals surface area contributed by atoms with Gasteiger partial charge in [-0.25, -0.2) is 0 Å². The van der Waals surface area contributed by atoms with Gasteiger partial charge < -0.3 is 9.64 Å². The Labute approximate surface area is 149 Å². The van der Waals surface area contributed by atoms with E-state index < -0.39 is 16.3 Å². The molecule has 0 aromatic heterocycles. The van der Waals surface area contributed by atoms with Gasteiger partial charge in [0.1, 0.15) is 6.04 Å². The first kappa shape index (κ1) is 18.3. The molecule has 0 spiro atoms. The maximum atomic E-state index is 13.1. The number of hydrogen-bond acceptors (Lipinski definition) is 4. The van der Waals surface area contributed by atoms with E-state index in [1.54, 1.807) is 12.0 Å². The second-order valence-electron chi connectivity index (χ2n) is 6.80. The molecule has 2 aliphatic heterocycles. The Morgan fingerprint density at radius 1 is 1.20 bits per heavy atom. The number of carbonyl (C=O) groups is 1. The summed E-state index contributed by atoms with van der Waals surface area (Å²) >= 11 is 0. The van der Waals surface area contributed by atoms with E-state index in [9.17, 15) is 13.2 Å². The fraction of sp³-hybridized carbons (Fsp3) is 0.588. The monoisotopic (exact) mass is 367 g/mol. The minimum Gasteiger partial charge on any atom is -0.380 e. The first-order valence-corrected chi connectivity index (χ1v) is 9.80. The van der Waals surface area contributed by atoms with Crippen LogP contribution in [0.3, 0.4) is 0 Å². The Kier molecular flexibility index (Phi) is 5.15. The zero-order valence-electron chi connectivity index (χ0n) is 14.8. The van der Waals surface area contributed by atoms with Gasteiger partial charge in [0.2, 0.25) is 5.91 Å². The van der Waals surface area contributed by atoms with Crippen LogP contribution in [0.4, 0.5) is 0 Å². The van der Waals surface area contributed by atoms with Crippen LogP contribution < -0.4 is 0 Å². The summed E-state index contributed by atoms with van der Waals surface area (Å²) in [5.74, 6) is -0.134. The van der Waals surface area contributed by atoms with Gasteiger partial charge >= 0.3 is 0 Å². The molecule has 2 heterocycles. The third-order valence-electron chi connectivity index (χ3n) is 5.05. The Morgan fingerprint density at radius 3 is 2.48 bits per heavy atom. The number of rotatable bonds is 5. The zero-order valence-corrected chi connectivity index (χ0v) is 15.6. The number of benzene rings is 1. The highest BCUT2D eigenvalue weighted by Gasteiger charge is 2.49. The predicted molar refractivity (Wildman–Crippen MR) is 94.2 cm³/mol. The van der Waals surface area contributed by atoms with E-state index in [0.717, 1.165) is 5.56 Å². The van der Waals surface area contributed by atoms with Crippen LogP contribution in [0.5, 0.6) is 0 Å². The molecule has 25 heavy (non-hydrogen) atoms. The van der Waals surface area contributed by atoms with Crippen molar-refractivity contribution in [1.82, 2.24) is 13.5 Å². The summed E-state index contributed by atoms with van der Waals surface area (Å²) in [6.45, 7) is 0.838.